The van der Waals surface area contributed by atoms with E-state index in [1.165, 1.54) is 16.0 Å². The van der Waals surface area contributed by atoms with Crippen LogP contribution in [0.1, 0.15) is 31.0 Å². The van der Waals surface area contributed by atoms with E-state index in [9.17, 15) is 0 Å². The summed E-state index contributed by atoms with van der Waals surface area (Å²) in [6, 6.07) is 17.0. The average molecular weight is 301 g/mol. The van der Waals surface area contributed by atoms with Crippen LogP contribution in [0.2, 0.25) is 0 Å². The molecule has 0 amide bonds. The number of ether oxygens (including phenoxy) is 1. The third-order valence-electron chi connectivity index (χ3n) is 3.39. The molecule has 0 aliphatic carbocycles. The Hall–Kier alpha value is -1.45. The summed E-state index contributed by atoms with van der Waals surface area (Å²) in [6.45, 7) is 5.75. The smallest absolute Gasteiger partial charge is 0.124 e. The van der Waals surface area contributed by atoms with Crippen LogP contribution in [0.4, 0.5) is 0 Å². The Bertz CT molecular complexity index is 571. The normalized spacial score (nSPS) is 12.1. The lowest BCUT2D eigenvalue weighted by Gasteiger charge is -2.23. The van der Waals surface area contributed by atoms with Crippen molar-refractivity contribution in [3.05, 3.63) is 59.7 Å². The lowest BCUT2D eigenvalue weighted by molar-refractivity contribution is 0.333. The molecular formula is C18H23NOS. The highest BCUT2D eigenvalue weighted by Crippen LogP contribution is 2.34. The van der Waals surface area contributed by atoms with Gasteiger partial charge in [-0.2, -0.15) is 0 Å². The number of benzene rings is 2. The van der Waals surface area contributed by atoms with Gasteiger partial charge in [0.25, 0.3) is 0 Å². The molecule has 0 bridgehead atoms. The van der Waals surface area contributed by atoms with E-state index in [0.717, 1.165) is 12.3 Å². The Balaban J connectivity index is 2.48. The van der Waals surface area contributed by atoms with E-state index in [0.29, 0.717) is 6.61 Å². The van der Waals surface area contributed by atoms with Crippen molar-refractivity contribution in [3.8, 4) is 5.75 Å². The van der Waals surface area contributed by atoms with Gasteiger partial charge in [0, 0.05) is 10.5 Å². The fraction of sp³-hybridized carbons (Fsp3) is 0.333. The molecule has 0 aliphatic heterocycles. The fourth-order valence-electron chi connectivity index (χ4n) is 2.50. The molecule has 3 heteroatoms. The molecule has 0 aromatic heterocycles. The van der Waals surface area contributed by atoms with Gasteiger partial charge in [0.2, 0.25) is 0 Å². The molecule has 0 saturated heterocycles. The van der Waals surface area contributed by atoms with Gasteiger partial charge >= 0.3 is 0 Å². The molecule has 2 rings (SSSR count). The minimum Gasteiger partial charge on any atom is -0.494 e. The van der Waals surface area contributed by atoms with Crippen LogP contribution < -0.4 is 10.1 Å². The predicted molar refractivity (Wildman–Crippen MR) is 91.4 cm³/mol. The largest absolute Gasteiger partial charge is 0.494 e. The first-order valence-corrected chi connectivity index (χ1v) is 8.62. The molecule has 2 aromatic rings. The van der Waals surface area contributed by atoms with Crippen LogP contribution in [0.5, 0.6) is 5.75 Å². The minimum atomic E-state index is 0.154. The van der Waals surface area contributed by atoms with Crippen LogP contribution in [-0.2, 0) is 0 Å². The van der Waals surface area contributed by atoms with Crippen molar-refractivity contribution in [2.75, 3.05) is 19.4 Å². The van der Waals surface area contributed by atoms with Gasteiger partial charge in [-0.05, 0) is 37.4 Å². The number of hydrogen-bond donors (Lipinski definition) is 1. The molecule has 0 radical (unpaired) electrons. The maximum atomic E-state index is 5.81. The summed E-state index contributed by atoms with van der Waals surface area (Å²) in [5, 5.41) is 3.60. The van der Waals surface area contributed by atoms with Crippen molar-refractivity contribution >= 4 is 11.8 Å². The number of para-hydroxylation sites is 1. The maximum Gasteiger partial charge on any atom is 0.124 e. The molecule has 1 unspecified atom stereocenters. The molecule has 1 N–H and O–H groups in total. The molecule has 112 valence electrons. The van der Waals surface area contributed by atoms with Gasteiger partial charge in [-0.15, -0.1) is 11.8 Å². The van der Waals surface area contributed by atoms with Crippen LogP contribution in [-0.4, -0.2) is 19.4 Å². The minimum absolute atomic E-state index is 0.154. The maximum absolute atomic E-state index is 5.81. The van der Waals surface area contributed by atoms with Crippen molar-refractivity contribution in [2.45, 2.75) is 24.8 Å². The van der Waals surface area contributed by atoms with Gasteiger partial charge < -0.3 is 10.1 Å². The lowest BCUT2D eigenvalue weighted by Crippen LogP contribution is -2.23. The van der Waals surface area contributed by atoms with Gasteiger partial charge in [0.05, 0.1) is 12.6 Å². The van der Waals surface area contributed by atoms with E-state index in [-0.39, 0.29) is 6.04 Å². The number of thioether (sulfide) groups is 1. The zero-order valence-corrected chi connectivity index (χ0v) is 13.7. The highest BCUT2D eigenvalue weighted by molar-refractivity contribution is 7.98. The fourth-order valence-corrected chi connectivity index (χ4v) is 3.14. The third-order valence-corrected chi connectivity index (χ3v) is 4.20. The van der Waals surface area contributed by atoms with Crippen molar-refractivity contribution in [2.24, 2.45) is 0 Å². The highest BCUT2D eigenvalue weighted by atomic mass is 32.2. The van der Waals surface area contributed by atoms with Crippen LogP contribution in [0.25, 0.3) is 0 Å². The Labute approximate surface area is 131 Å². The first-order valence-electron chi connectivity index (χ1n) is 7.39. The molecule has 0 spiro atoms. The van der Waals surface area contributed by atoms with Gasteiger partial charge in [-0.3, -0.25) is 0 Å². The molecule has 2 nitrogen and oxygen atoms in total. The summed E-state index contributed by atoms with van der Waals surface area (Å²) < 4.78 is 5.81. The van der Waals surface area contributed by atoms with Gasteiger partial charge in [-0.25, -0.2) is 0 Å². The molecule has 1 atom stereocenters. The molecule has 0 fully saturated rings. The van der Waals surface area contributed by atoms with Gasteiger partial charge in [-0.1, -0.05) is 43.3 Å². The van der Waals surface area contributed by atoms with E-state index < -0.39 is 0 Å². The van der Waals surface area contributed by atoms with Crippen molar-refractivity contribution in [1.29, 1.82) is 0 Å². The zero-order chi connectivity index (χ0) is 15.1. The topological polar surface area (TPSA) is 21.3 Å². The van der Waals surface area contributed by atoms with Gasteiger partial charge in [0.15, 0.2) is 0 Å². The predicted octanol–water partition coefficient (Wildman–Crippen LogP) is 4.51. The summed E-state index contributed by atoms with van der Waals surface area (Å²) in [7, 11) is 0. The second kappa shape index (κ2) is 8.11. The standard InChI is InChI=1S/C18H23NOS/c1-4-19-18(15-11-7-9-13-17(15)21-3)14-10-6-8-12-16(14)20-5-2/h6-13,18-19H,4-5H2,1-3H3. The number of rotatable bonds is 7. The summed E-state index contributed by atoms with van der Waals surface area (Å²) in [6.07, 6.45) is 2.12. The van der Waals surface area contributed by atoms with Crippen molar-refractivity contribution in [3.63, 3.8) is 0 Å². The SMILES string of the molecule is CCNC(c1ccccc1OCC)c1ccccc1SC. The summed E-state index contributed by atoms with van der Waals surface area (Å²) in [5.74, 6) is 0.960. The first-order chi connectivity index (χ1) is 10.3. The molecule has 0 heterocycles. The van der Waals surface area contributed by atoms with Gasteiger partial charge in [0.1, 0.15) is 5.75 Å². The number of nitrogens with one attached hydrogen (secondary N) is 1. The molecule has 2 aromatic carbocycles. The van der Waals surface area contributed by atoms with Crippen molar-refractivity contribution < 1.29 is 4.74 Å². The average Bonchev–Trinajstić information content (AvgIpc) is 2.54. The van der Waals surface area contributed by atoms with E-state index in [2.05, 4.69) is 54.9 Å². The van der Waals surface area contributed by atoms with Crippen LogP contribution in [0, 0.1) is 0 Å². The lowest BCUT2D eigenvalue weighted by atomic mass is 9.97. The molecule has 21 heavy (non-hydrogen) atoms. The van der Waals surface area contributed by atoms with Crippen LogP contribution in [0.15, 0.2) is 53.4 Å². The molecule has 0 saturated carbocycles. The summed E-state index contributed by atoms with van der Waals surface area (Å²) in [4.78, 5) is 1.30. The second-order valence-corrected chi connectivity index (χ2v) is 5.55. The van der Waals surface area contributed by atoms with Crippen LogP contribution in [0.3, 0.4) is 0 Å². The van der Waals surface area contributed by atoms with Crippen molar-refractivity contribution in [1.82, 2.24) is 5.32 Å². The quantitative estimate of drug-likeness (QED) is 0.760. The second-order valence-electron chi connectivity index (χ2n) is 4.70. The van der Waals surface area contributed by atoms with E-state index in [4.69, 9.17) is 4.74 Å². The molecule has 0 aliphatic rings. The Morgan fingerprint density at radius 3 is 2.33 bits per heavy atom. The highest BCUT2D eigenvalue weighted by Gasteiger charge is 2.19. The van der Waals surface area contributed by atoms with E-state index >= 15 is 0 Å². The molecular weight excluding hydrogens is 278 g/mol. The van der Waals surface area contributed by atoms with E-state index in [1.54, 1.807) is 11.8 Å². The third kappa shape index (κ3) is 3.80. The number of hydrogen-bond acceptors (Lipinski definition) is 3. The monoisotopic (exact) mass is 301 g/mol. The Kier molecular flexibility index (Phi) is 6.15. The Morgan fingerprint density at radius 1 is 1.00 bits per heavy atom. The van der Waals surface area contributed by atoms with E-state index in [1.807, 2.05) is 19.1 Å². The zero-order valence-electron chi connectivity index (χ0n) is 12.9. The summed E-state index contributed by atoms with van der Waals surface area (Å²) >= 11 is 1.78. The Morgan fingerprint density at radius 2 is 1.67 bits per heavy atom. The first kappa shape index (κ1) is 15.9. The summed E-state index contributed by atoms with van der Waals surface area (Å²) in [5.41, 5.74) is 2.50. The van der Waals surface area contributed by atoms with Crippen LogP contribution >= 0.6 is 11.8 Å².